The van der Waals surface area contributed by atoms with Gasteiger partial charge in [-0.1, -0.05) is 43.2 Å². The number of nitrogens with one attached hydrogen (secondary N) is 2. The molecule has 0 spiro atoms. The molecule has 4 nitrogen and oxygen atoms in total. The van der Waals surface area contributed by atoms with Crippen molar-refractivity contribution in [3.63, 3.8) is 0 Å². The van der Waals surface area contributed by atoms with Gasteiger partial charge in [-0.15, -0.1) is 0 Å². The van der Waals surface area contributed by atoms with Crippen LogP contribution in [-0.2, 0) is 6.42 Å². The van der Waals surface area contributed by atoms with Crippen LogP contribution in [0.3, 0.4) is 0 Å². The Hall–Kier alpha value is -2.10. The Labute approximate surface area is 144 Å². The molecule has 4 heteroatoms. The summed E-state index contributed by atoms with van der Waals surface area (Å²) in [6.45, 7) is 0.897. The van der Waals surface area contributed by atoms with Crippen molar-refractivity contribution in [2.24, 2.45) is 0 Å². The topological polar surface area (TPSA) is 49.8 Å². The predicted octanol–water partition coefficient (Wildman–Crippen LogP) is 4.36. The maximum atomic E-state index is 4.76. The van der Waals surface area contributed by atoms with Gasteiger partial charge in [0.2, 0.25) is 5.95 Å². The van der Waals surface area contributed by atoms with E-state index < -0.39 is 0 Å². The molecule has 1 heterocycles. The molecule has 0 bridgehead atoms. The first kappa shape index (κ1) is 15.4. The fourth-order valence-electron chi connectivity index (χ4n) is 3.44. The lowest BCUT2D eigenvalue weighted by atomic mass is 10.1. The number of hydrogen-bond donors (Lipinski definition) is 2. The van der Waals surface area contributed by atoms with E-state index in [2.05, 4.69) is 47.0 Å². The maximum absolute atomic E-state index is 4.76. The van der Waals surface area contributed by atoms with E-state index in [1.165, 1.54) is 49.8 Å². The fourth-order valence-corrected chi connectivity index (χ4v) is 3.44. The standard InChI is InChI=1S/C20H26N4/c1-2-6-15(7-3-1)12-13-21-19-14-18(16-10-11-16)23-20(24-19)22-17-8-4-5-9-17/h1-3,6-7,14,16-17H,4-5,8-13H2,(H2,21,22,23,24). The summed E-state index contributed by atoms with van der Waals surface area (Å²) in [5.74, 6) is 2.42. The van der Waals surface area contributed by atoms with Gasteiger partial charge in [-0.05, 0) is 37.7 Å². The van der Waals surface area contributed by atoms with Crippen LogP contribution in [0.4, 0.5) is 11.8 Å². The first-order valence-corrected chi connectivity index (χ1v) is 9.30. The van der Waals surface area contributed by atoms with Crippen LogP contribution in [0.25, 0.3) is 0 Å². The molecule has 24 heavy (non-hydrogen) atoms. The van der Waals surface area contributed by atoms with Crippen molar-refractivity contribution in [1.29, 1.82) is 0 Å². The summed E-state index contributed by atoms with van der Waals surface area (Å²) in [7, 11) is 0. The van der Waals surface area contributed by atoms with Gasteiger partial charge >= 0.3 is 0 Å². The number of anilines is 2. The zero-order valence-corrected chi connectivity index (χ0v) is 14.2. The second-order valence-corrected chi connectivity index (χ2v) is 7.06. The van der Waals surface area contributed by atoms with Crippen molar-refractivity contribution in [2.75, 3.05) is 17.2 Å². The first-order chi connectivity index (χ1) is 11.9. The third kappa shape index (κ3) is 4.05. The molecule has 0 aliphatic heterocycles. The Kier molecular flexibility index (Phi) is 4.63. The highest BCUT2D eigenvalue weighted by atomic mass is 15.2. The molecule has 2 fully saturated rings. The molecule has 2 aliphatic carbocycles. The van der Waals surface area contributed by atoms with Crippen molar-refractivity contribution in [3.8, 4) is 0 Å². The van der Waals surface area contributed by atoms with E-state index >= 15 is 0 Å². The molecule has 0 saturated heterocycles. The number of benzene rings is 1. The number of nitrogens with zero attached hydrogens (tertiary/aromatic N) is 2. The van der Waals surface area contributed by atoms with Gasteiger partial charge in [-0.2, -0.15) is 4.98 Å². The minimum absolute atomic E-state index is 0.552. The van der Waals surface area contributed by atoms with Gasteiger partial charge in [0.15, 0.2) is 0 Å². The van der Waals surface area contributed by atoms with Gasteiger partial charge in [0, 0.05) is 24.6 Å². The minimum atomic E-state index is 0.552. The summed E-state index contributed by atoms with van der Waals surface area (Å²) in [4.78, 5) is 9.47. The van der Waals surface area contributed by atoms with Crippen molar-refractivity contribution in [3.05, 3.63) is 47.7 Å². The van der Waals surface area contributed by atoms with Gasteiger partial charge in [0.25, 0.3) is 0 Å². The molecule has 4 rings (SSSR count). The summed E-state index contributed by atoms with van der Waals surface area (Å²) < 4.78 is 0. The fraction of sp³-hybridized carbons (Fsp3) is 0.500. The quantitative estimate of drug-likeness (QED) is 0.795. The Bertz CT molecular complexity index is 661. The smallest absolute Gasteiger partial charge is 0.225 e. The summed E-state index contributed by atoms with van der Waals surface area (Å²) in [6.07, 6.45) is 8.67. The minimum Gasteiger partial charge on any atom is -0.370 e. The second kappa shape index (κ2) is 7.20. The lowest BCUT2D eigenvalue weighted by Gasteiger charge is -2.14. The summed E-state index contributed by atoms with van der Waals surface area (Å²) in [6, 6.07) is 13.3. The van der Waals surface area contributed by atoms with Crippen LogP contribution in [0.5, 0.6) is 0 Å². The molecular formula is C20H26N4. The third-order valence-corrected chi connectivity index (χ3v) is 4.99. The highest BCUT2D eigenvalue weighted by molar-refractivity contribution is 5.44. The molecule has 0 amide bonds. The van der Waals surface area contributed by atoms with Gasteiger partial charge < -0.3 is 10.6 Å². The maximum Gasteiger partial charge on any atom is 0.225 e. The van der Waals surface area contributed by atoms with Crippen molar-refractivity contribution < 1.29 is 0 Å². The molecular weight excluding hydrogens is 296 g/mol. The van der Waals surface area contributed by atoms with Crippen molar-refractivity contribution in [1.82, 2.24) is 9.97 Å². The van der Waals surface area contributed by atoms with Crippen LogP contribution < -0.4 is 10.6 Å². The molecule has 2 aliphatic rings. The van der Waals surface area contributed by atoms with E-state index in [-0.39, 0.29) is 0 Å². The van der Waals surface area contributed by atoms with Crippen LogP contribution in [0.1, 0.15) is 55.7 Å². The van der Waals surface area contributed by atoms with Crippen LogP contribution in [0.2, 0.25) is 0 Å². The Morgan fingerprint density at radius 3 is 2.50 bits per heavy atom. The largest absolute Gasteiger partial charge is 0.370 e. The van der Waals surface area contributed by atoms with Crippen LogP contribution in [0.15, 0.2) is 36.4 Å². The highest BCUT2D eigenvalue weighted by Crippen LogP contribution is 2.40. The number of rotatable bonds is 7. The zero-order chi connectivity index (χ0) is 16.2. The van der Waals surface area contributed by atoms with Crippen LogP contribution in [0, 0.1) is 0 Å². The Morgan fingerprint density at radius 2 is 1.75 bits per heavy atom. The third-order valence-electron chi connectivity index (χ3n) is 4.99. The second-order valence-electron chi connectivity index (χ2n) is 7.06. The van der Waals surface area contributed by atoms with Crippen molar-refractivity contribution in [2.45, 2.75) is 56.9 Å². The molecule has 0 radical (unpaired) electrons. The molecule has 1 aromatic carbocycles. The summed E-state index contributed by atoms with van der Waals surface area (Å²) in [5.41, 5.74) is 2.55. The Balaban J connectivity index is 1.41. The molecule has 2 N–H and O–H groups in total. The predicted molar refractivity (Wildman–Crippen MR) is 98.5 cm³/mol. The van der Waals surface area contributed by atoms with Gasteiger partial charge in [0.05, 0.1) is 5.69 Å². The molecule has 2 aromatic rings. The van der Waals surface area contributed by atoms with Crippen LogP contribution in [-0.4, -0.2) is 22.6 Å². The average molecular weight is 322 g/mol. The van der Waals surface area contributed by atoms with Gasteiger partial charge in [0.1, 0.15) is 5.82 Å². The van der Waals surface area contributed by atoms with E-state index in [0.29, 0.717) is 12.0 Å². The van der Waals surface area contributed by atoms with E-state index in [9.17, 15) is 0 Å². The number of aromatic nitrogens is 2. The monoisotopic (exact) mass is 322 g/mol. The Morgan fingerprint density at radius 1 is 0.958 bits per heavy atom. The molecule has 0 atom stereocenters. The normalized spacial score (nSPS) is 17.8. The lowest BCUT2D eigenvalue weighted by molar-refractivity contribution is 0.741. The van der Waals surface area contributed by atoms with E-state index in [1.807, 2.05) is 0 Å². The van der Waals surface area contributed by atoms with E-state index in [4.69, 9.17) is 9.97 Å². The van der Waals surface area contributed by atoms with E-state index in [1.54, 1.807) is 0 Å². The molecule has 2 saturated carbocycles. The SMILES string of the molecule is c1ccc(CCNc2cc(C3CC3)nc(NC3CCCC3)n2)cc1. The van der Waals surface area contributed by atoms with E-state index in [0.717, 1.165) is 24.7 Å². The summed E-state index contributed by atoms with van der Waals surface area (Å²) in [5, 5.41) is 7.04. The van der Waals surface area contributed by atoms with Gasteiger partial charge in [-0.3, -0.25) is 0 Å². The van der Waals surface area contributed by atoms with Crippen LogP contribution >= 0.6 is 0 Å². The molecule has 0 unspecified atom stereocenters. The number of hydrogen-bond acceptors (Lipinski definition) is 4. The lowest BCUT2D eigenvalue weighted by Crippen LogP contribution is -2.18. The highest BCUT2D eigenvalue weighted by Gasteiger charge is 2.26. The summed E-state index contributed by atoms with van der Waals surface area (Å²) >= 11 is 0. The molecule has 1 aromatic heterocycles. The zero-order valence-electron chi connectivity index (χ0n) is 14.2. The van der Waals surface area contributed by atoms with Gasteiger partial charge in [-0.25, -0.2) is 4.98 Å². The first-order valence-electron chi connectivity index (χ1n) is 9.30. The average Bonchev–Trinajstić information content (AvgIpc) is 3.34. The molecule has 126 valence electrons. The van der Waals surface area contributed by atoms with Crippen molar-refractivity contribution >= 4 is 11.8 Å².